The van der Waals surface area contributed by atoms with Crippen molar-refractivity contribution in [2.24, 2.45) is 0 Å². The minimum absolute atomic E-state index is 0.678. The molecule has 3 nitrogen and oxygen atoms in total. The van der Waals surface area contributed by atoms with E-state index >= 15 is 0 Å². The summed E-state index contributed by atoms with van der Waals surface area (Å²) in [6.07, 6.45) is 12.2. The molecule has 0 amide bonds. The molecule has 0 saturated carbocycles. The predicted molar refractivity (Wildman–Crippen MR) is 59.0 cm³/mol. The van der Waals surface area contributed by atoms with Gasteiger partial charge in [0.15, 0.2) is 0 Å². The van der Waals surface area contributed by atoms with Gasteiger partial charge in [0.2, 0.25) is 0 Å². The molecule has 0 saturated heterocycles. The Balaban J connectivity index is 4.02. The molecule has 0 spiro atoms. The molecule has 0 aliphatic rings. The topological polar surface area (TPSA) is 43.4 Å². The number of ether oxygens (including phenoxy) is 1. The smallest absolute Gasteiger partial charge is 0.338 e. The summed E-state index contributed by atoms with van der Waals surface area (Å²) in [7, 11) is 0. The summed E-state index contributed by atoms with van der Waals surface area (Å²) < 4.78 is 4.42. The van der Waals surface area contributed by atoms with Crippen molar-refractivity contribution in [1.29, 1.82) is 0 Å². The van der Waals surface area contributed by atoms with Crippen molar-refractivity contribution < 1.29 is 14.3 Å². The molecule has 0 N–H and O–H groups in total. The van der Waals surface area contributed by atoms with E-state index in [9.17, 15) is 9.59 Å². The Bertz CT molecular complexity index is 288. The highest BCUT2D eigenvalue weighted by molar-refractivity contribution is 5.96. The van der Waals surface area contributed by atoms with Crippen molar-refractivity contribution in [3.05, 3.63) is 48.6 Å². The van der Waals surface area contributed by atoms with Crippen LogP contribution in [0, 0.1) is 0 Å². The zero-order valence-corrected chi connectivity index (χ0v) is 8.84. The normalized spacial score (nSPS) is 12.1. The van der Waals surface area contributed by atoms with E-state index in [-0.39, 0.29) is 0 Å². The van der Waals surface area contributed by atoms with E-state index in [4.69, 9.17) is 0 Å². The van der Waals surface area contributed by atoms with Gasteiger partial charge in [-0.1, -0.05) is 36.5 Å². The first kappa shape index (κ1) is 13.1. The van der Waals surface area contributed by atoms with Gasteiger partial charge in [0.05, 0.1) is 0 Å². The molecule has 0 radical (unpaired) electrons. The van der Waals surface area contributed by atoms with Gasteiger partial charge in [0.25, 0.3) is 0 Å². The van der Waals surface area contributed by atoms with Crippen LogP contribution in [0.5, 0.6) is 0 Å². The minimum atomic E-state index is -0.678. The number of carbonyl (C=O) groups excluding carboxylic acids is 2. The summed E-state index contributed by atoms with van der Waals surface area (Å²) >= 11 is 0. The summed E-state index contributed by atoms with van der Waals surface area (Å²) in [5.74, 6) is -1.36. The van der Waals surface area contributed by atoms with Crippen LogP contribution in [0.1, 0.15) is 13.8 Å². The van der Waals surface area contributed by atoms with Gasteiger partial charge in [-0.2, -0.15) is 0 Å². The van der Waals surface area contributed by atoms with Crippen LogP contribution in [0.3, 0.4) is 0 Å². The molecule has 80 valence electrons. The molecule has 0 aliphatic heterocycles. The standard InChI is InChI=1S/C12H14O3/c1-3-5-7-9-11(13)15-12(14)10-8-6-4-2/h3-10H,1-2H3/b5-3+,6-4?,9-7+,10-8?. The molecule has 0 bridgehead atoms. The van der Waals surface area contributed by atoms with Gasteiger partial charge in [-0.25, -0.2) is 9.59 Å². The second-order valence-corrected chi connectivity index (χ2v) is 2.51. The zero-order valence-electron chi connectivity index (χ0n) is 8.84. The number of esters is 2. The van der Waals surface area contributed by atoms with E-state index in [2.05, 4.69) is 4.74 Å². The van der Waals surface area contributed by atoms with E-state index < -0.39 is 11.9 Å². The molecule has 0 atom stereocenters. The largest absolute Gasteiger partial charge is 0.387 e. The third-order valence-corrected chi connectivity index (χ3v) is 1.27. The lowest BCUT2D eigenvalue weighted by Crippen LogP contribution is -2.06. The first-order valence-electron chi connectivity index (χ1n) is 4.55. The summed E-state index contributed by atoms with van der Waals surface area (Å²) in [5, 5.41) is 0. The van der Waals surface area contributed by atoms with Crippen molar-refractivity contribution in [2.45, 2.75) is 13.8 Å². The van der Waals surface area contributed by atoms with Crippen LogP contribution in [-0.2, 0) is 14.3 Å². The number of carbonyl (C=O) groups is 2. The van der Waals surface area contributed by atoms with E-state index in [0.29, 0.717) is 0 Å². The Hall–Kier alpha value is -1.90. The Kier molecular flexibility index (Phi) is 7.59. The molecule has 0 unspecified atom stereocenters. The monoisotopic (exact) mass is 206 g/mol. The summed E-state index contributed by atoms with van der Waals surface area (Å²) in [5.41, 5.74) is 0. The second kappa shape index (κ2) is 8.69. The number of hydrogen-bond acceptors (Lipinski definition) is 3. The molecule has 0 fully saturated rings. The Morgan fingerprint density at radius 2 is 1.20 bits per heavy atom. The average molecular weight is 206 g/mol. The molecular formula is C12H14O3. The highest BCUT2D eigenvalue weighted by Gasteiger charge is 2.01. The van der Waals surface area contributed by atoms with E-state index in [1.54, 1.807) is 24.3 Å². The summed E-state index contributed by atoms with van der Waals surface area (Å²) in [4.78, 5) is 21.9. The Morgan fingerprint density at radius 1 is 0.800 bits per heavy atom. The molecule has 0 aromatic heterocycles. The van der Waals surface area contributed by atoms with Crippen LogP contribution in [0.25, 0.3) is 0 Å². The van der Waals surface area contributed by atoms with Gasteiger partial charge in [0.1, 0.15) is 0 Å². The zero-order chi connectivity index (χ0) is 11.5. The van der Waals surface area contributed by atoms with Gasteiger partial charge in [-0.3, -0.25) is 0 Å². The number of allylic oxidation sites excluding steroid dienone is 6. The fraction of sp³-hybridized carbons (Fsp3) is 0.167. The average Bonchev–Trinajstić information content (AvgIpc) is 2.18. The lowest BCUT2D eigenvalue weighted by Gasteiger charge is -1.92. The summed E-state index contributed by atoms with van der Waals surface area (Å²) in [6.45, 7) is 3.64. The van der Waals surface area contributed by atoms with Crippen LogP contribution in [0.15, 0.2) is 48.6 Å². The van der Waals surface area contributed by atoms with Crippen LogP contribution in [0.4, 0.5) is 0 Å². The van der Waals surface area contributed by atoms with Gasteiger partial charge >= 0.3 is 11.9 Å². The molecule has 15 heavy (non-hydrogen) atoms. The fourth-order valence-corrected chi connectivity index (χ4v) is 0.658. The lowest BCUT2D eigenvalue weighted by molar-refractivity contribution is -0.152. The van der Waals surface area contributed by atoms with Crippen LogP contribution < -0.4 is 0 Å². The van der Waals surface area contributed by atoms with Gasteiger partial charge in [0, 0.05) is 12.2 Å². The van der Waals surface area contributed by atoms with Crippen LogP contribution >= 0.6 is 0 Å². The first-order chi connectivity index (χ1) is 7.20. The minimum Gasteiger partial charge on any atom is -0.387 e. The maximum Gasteiger partial charge on any atom is 0.338 e. The first-order valence-corrected chi connectivity index (χ1v) is 4.55. The molecule has 0 heterocycles. The van der Waals surface area contributed by atoms with E-state index in [0.717, 1.165) is 0 Å². The van der Waals surface area contributed by atoms with Crippen molar-refractivity contribution >= 4 is 11.9 Å². The number of hydrogen-bond donors (Lipinski definition) is 0. The predicted octanol–water partition coefficient (Wildman–Crippen LogP) is 2.32. The second-order valence-electron chi connectivity index (χ2n) is 2.51. The van der Waals surface area contributed by atoms with Crippen molar-refractivity contribution in [3.63, 3.8) is 0 Å². The SMILES string of the molecule is CC=CC=CC(=O)OC(=O)/C=C/C=C/C. The Morgan fingerprint density at radius 3 is 1.53 bits per heavy atom. The van der Waals surface area contributed by atoms with E-state index in [1.807, 2.05) is 13.8 Å². The van der Waals surface area contributed by atoms with E-state index in [1.165, 1.54) is 24.3 Å². The van der Waals surface area contributed by atoms with Gasteiger partial charge in [-0.05, 0) is 13.8 Å². The highest BCUT2D eigenvalue weighted by atomic mass is 16.6. The van der Waals surface area contributed by atoms with Crippen LogP contribution in [-0.4, -0.2) is 11.9 Å². The molecule has 0 rings (SSSR count). The van der Waals surface area contributed by atoms with Crippen molar-refractivity contribution in [1.82, 2.24) is 0 Å². The fourth-order valence-electron chi connectivity index (χ4n) is 0.658. The third-order valence-electron chi connectivity index (χ3n) is 1.27. The molecule has 0 aromatic carbocycles. The molecular weight excluding hydrogens is 192 g/mol. The van der Waals surface area contributed by atoms with Gasteiger partial charge < -0.3 is 4.74 Å². The molecule has 3 heteroatoms. The third kappa shape index (κ3) is 8.43. The Labute approximate surface area is 89.4 Å². The van der Waals surface area contributed by atoms with Crippen molar-refractivity contribution in [2.75, 3.05) is 0 Å². The maximum absolute atomic E-state index is 10.9. The van der Waals surface area contributed by atoms with Crippen LogP contribution in [0.2, 0.25) is 0 Å². The highest BCUT2D eigenvalue weighted by Crippen LogP contribution is 1.87. The lowest BCUT2D eigenvalue weighted by atomic mass is 10.4. The molecule has 0 aliphatic carbocycles. The number of rotatable bonds is 4. The quantitative estimate of drug-likeness (QED) is 0.307. The summed E-state index contributed by atoms with van der Waals surface area (Å²) in [6, 6.07) is 0. The van der Waals surface area contributed by atoms with Gasteiger partial charge in [-0.15, -0.1) is 0 Å². The maximum atomic E-state index is 10.9. The molecule has 0 aromatic rings. The van der Waals surface area contributed by atoms with Crippen molar-refractivity contribution in [3.8, 4) is 0 Å².